The number of hydrogen-bond donors (Lipinski definition) is 0. The number of aryl methyl sites for hydroxylation is 2. The largest absolute Gasteiger partial charge is 0.482 e. The summed E-state index contributed by atoms with van der Waals surface area (Å²) in [5, 5.41) is 0. The van der Waals surface area contributed by atoms with Crippen LogP contribution >= 0.6 is 15.9 Å². The lowest BCUT2D eigenvalue weighted by molar-refractivity contribution is -0.136. The van der Waals surface area contributed by atoms with E-state index < -0.39 is 5.97 Å². The van der Waals surface area contributed by atoms with Gasteiger partial charge in [-0.05, 0) is 49.7 Å². The van der Waals surface area contributed by atoms with Gasteiger partial charge in [0, 0.05) is 4.47 Å². The lowest BCUT2D eigenvalue weighted by Crippen LogP contribution is -2.18. The minimum atomic E-state index is -0.420. The summed E-state index contributed by atoms with van der Waals surface area (Å²) in [5.74, 6) is 0.779. The lowest BCUT2D eigenvalue weighted by Gasteiger charge is -2.09. The van der Waals surface area contributed by atoms with Gasteiger partial charge < -0.3 is 9.47 Å². The standard InChI is InChI=1S/C16H15BrO3/c1-11-3-6-14(7-4-11)19-10-16(18)20-15-8-5-13(17)9-12(15)2/h3-9H,10H2,1-2H3. The SMILES string of the molecule is Cc1ccc(OCC(=O)Oc2ccc(Br)cc2C)cc1. The van der Waals surface area contributed by atoms with E-state index in [-0.39, 0.29) is 6.61 Å². The van der Waals surface area contributed by atoms with Crippen molar-refractivity contribution in [1.29, 1.82) is 0 Å². The number of esters is 1. The highest BCUT2D eigenvalue weighted by Crippen LogP contribution is 2.22. The molecule has 0 atom stereocenters. The Bertz CT molecular complexity index is 606. The molecule has 2 aromatic carbocycles. The summed E-state index contributed by atoms with van der Waals surface area (Å²) in [6, 6.07) is 13.0. The molecular weight excluding hydrogens is 320 g/mol. The van der Waals surface area contributed by atoms with E-state index in [1.807, 2.05) is 50.2 Å². The van der Waals surface area contributed by atoms with Crippen LogP contribution in [0, 0.1) is 13.8 Å². The minimum absolute atomic E-state index is 0.113. The molecule has 20 heavy (non-hydrogen) atoms. The molecule has 0 spiro atoms. The van der Waals surface area contributed by atoms with Gasteiger partial charge in [0.05, 0.1) is 0 Å². The van der Waals surface area contributed by atoms with E-state index in [2.05, 4.69) is 15.9 Å². The number of ether oxygens (including phenoxy) is 2. The second kappa shape index (κ2) is 6.57. The Morgan fingerprint density at radius 3 is 2.45 bits per heavy atom. The van der Waals surface area contributed by atoms with Crippen LogP contribution in [0.25, 0.3) is 0 Å². The van der Waals surface area contributed by atoms with Crippen molar-refractivity contribution in [3.05, 3.63) is 58.1 Å². The van der Waals surface area contributed by atoms with E-state index in [1.54, 1.807) is 6.07 Å². The van der Waals surface area contributed by atoms with Crippen LogP contribution < -0.4 is 9.47 Å². The van der Waals surface area contributed by atoms with Crippen molar-refractivity contribution in [2.75, 3.05) is 6.61 Å². The fourth-order valence-electron chi connectivity index (χ4n) is 1.66. The third kappa shape index (κ3) is 4.10. The van der Waals surface area contributed by atoms with Crippen LogP contribution in [0.4, 0.5) is 0 Å². The smallest absolute Gasteiger partial charge is 0.349 e. The molecule has 2 rings (SSSR count). The highest BCUT2D eigenvalue weighted by molar-refractivity contribution is 9.10. The highest BCUT2D eigenvalue weighted by atomic mass is 79.9. The summed E-state index contributed by atoms with van der Waals surface area (Å²) in [4.78, 5) is 11.7. The van der Waals surface area contributed by atoms with Gasteiger partial charge >= 0.3 is 5.97 Å². The van der Waals surface area contributed by atoms with Crippen molar-refractivity contribution < 1.29 is 14.3 Å². The number of rotatable bonds is 4. The molecule has 0 saturated heterocycles. The molecule has 0 fully saturated rings. The average Bonchev–Trinajstić information content (AvgIpc) is 2.41. The molecular formula is C16H15BrO3. The molecule has 0 aliphatic heterocycles. The first-order valence-electron chi connectivity index (χ1n) is 6.21. The molecule has 0 saturated carbocycles. The number of carbonyl (C=O) groups excluding carboxylic acids is 1. The zero-order valence-corrected chi connectivity index (χ0v) is 12.9. The Hall–Kier alpha value is -1.81. The maximum Gasteiger partial charge on any atom is 0.349 e. The fourth-order valence-corrected chi connectivity index (χ4v) is 2.13. The van der Waals surface area contributed by atoms with Crippen LogP contribution in [0.3, 0.4) is 0 Å². The molecule has 0 amide bonds. The summed E-state index contributed by atoms with van der Waals surface area (Å²) in [5.41, 5.74) is 2.04. The number of carbonyl (C=O) groups is 1. The van der Waals surface area contributed by atoms with E-state index in [0.29, 0.717) is 11.5 Å². The third-order valence-electron chi connectivity index (χ3n) is 2.74. The van der Waals surface area contributed by atoms with E-state index in [0.717, 1.165) is 15.6 Å². The first-order valence-corrected chi connectivity index (χ1v) is 7.00. The normalized spacial score (nSPS) is 10.2. The van der Waals surface area contributed by atoms with Gasteiger partial charge in [-0.2, -0.15) is 0 Å². The van der Waals surface area contributed by atoms with Crippen molar-refractivity contribution in [1.82, 2.24) is 0 Å². The molecule has 0 aliphatic rings. The molecule has 0 unspecified atom stereocenters. The summed E-state index contributed by atoms with van der Waals surface area (Å²) in [7, 11) is 0. The number of hydrogen-bond acceptors (Lipinski definition) is 3. The Balaban J connectivity index is 1.90. The van der Waals surface area contributed by atoms with Crippen LogP contribution in [0.15, 0.2) is 46.9 Å². The first kappa shape index (κ1) is 14.6. The summed E-state index contributed by atoms with van der Waals surface area (Å²) >= 11 is 3.36. The summed E-state index contributed by atoms with van der Waals surface area (Å²) in [6.07, 6.45) is 0. The van der Waals surface area contributed by atoms with Gasteiger partial charge in [0.1, 0.15) is 11.5 Å². The third-order valence-corrected chi connectivity index (χ3v) is 3.23. The molecule has 0 bridgehead atoms. The van der Waals surface area contributed by atoms with E-state index in [4.69, 9.17) is 9.47 Å². The molecule has 0 aromatic heterocycles. The maximum absolute atomic E-state index is 11.7. The van der Waals surface area contributed by atoms with Crippen LogP contribution in [0.1, 0.15) is 11.1 Å². The van der Waals surface area contributed by atoms with Crippen LogP contribution in [0.5, 0.6) is 11.5 Å². The van der Waals surface area contributed by atoms with Gasteiger partial charge in [-0.3, -0.25) is 0 Å². The Morgan fingerprint density at radius 2 is 1.80 bits per heavy atom. The second-order valence-electron chi connectivity index (χ2n) is 4.49. The summed E-state index contributed by atoms with van der Waals surface area (Å²) in [6.45, 7) is 3.77. The van der Waals surface area contributed by atoms with Gasteiger partial charge in [-0.15, -0.1) is 0 Å². The lowest BCUT2D eigenvalue weighted by atomic mass is 10.2. The van der Waals surface area contributed by atoms with Gasteiger partial charge in [0.2, 0.25) is 0 Å². The molecule has 3 nitrogen and oxygen atoms in total. The summed E-state index contributed by atoms with van der Waals surface area (Å²) < 4.78 is 11.6. The van der Waals surface area contributed by atoms with Crippen LogP contribution in [-0.4, -0.2) is 12.6 Å². The molecule has 0 heterocycles. The van der Waals surface area contributed by atoms with Crippen molar-refractivity contribution in [2.24, 2.45) is 0 Å². The van der Waals surface area contributed by atoms with E-state index in [9.17, 15) is 4.79 Å². The molecule has 0 aliphatic carbocycles. The van der Waals surface area contributed by atoms with Gasteiger partial charge in [-0.1, -0.05) is 33.6 Å². The zero-order valence-electron chi connectivity index (χ0n) is 11.4. The number of benzene rings is 2. The topological polar surface area (TPSA) is 35.5 Å². The predicted octanol–water partition coefficient (Wildman–Crippen LogP) is 4.05. The molecule has 0 N–H and O–H groups in total. The quantitative estimate of drug-likeness (QED) is 0.625. The Labute approximate surface area is 126 Å². The van der Waals surface area contributed by atoms with Crippen molar-refractivity contribution in [3.8, 4) is 11.5 Å². The Kier molecular flexibility index (Phi) is 4.79. The first-order chi connectivity index (χ1) is 9.54. The van der Waals surface area contributed by atoms with Crippen molar-refractivity contribution in [3.63, 3.8) is 0 Å². The van der Waals surface area contributed by atoms with Crippen LogP contribution in [0.2, 0.25) is 0 Å². The van der Waals surface area contributed by atoms with E-state index >= 15 is 0 Å². The van der Waals surface area contributed by atoms with Crippen molar-refractivity contribution in [2.45, 2.75) is 13.8 Å². The zero-order chi connectivity index (χ0) is 14.5. The maximum atomic E-state index is 11.7. The van der Waals surface area contributed by atoms with Crippen LogP contribution in [-0.2, 0) is 4.79 Å². The highest BCUT2D eigenvalue weighted by Gasteiger charge is 2.08. The van der Waals surface area contributed by atoms with Gasteiger partial charge in [-0.25, -0.2) is 4.79 Å². The molecule has 4 heteroatoms. The molecule has 0 radical (unpaired) electrons. The molecule has 2 aromatic rings. The van der Waals surface area contributed by atoms with Gasteiger partial charge in [0.25, 0.3) is 0 Å². The minimum Gasteiger partial charge on any atom is -0.482 e. The predicted molar refractivity (Wildman–Crippen MR) is 81.2 cm³/mol. The van der Waals surface area contributed by atoms with Gasteiger partial charge in [0.15, 0.2) is 6.61 Å². The number of halogens is 1. The fraction of sp³-hybridized carbons (Fsp3) is 0.188. The second-order valence-corrected chi connectivity index (χ2v) is 5.40. The van der Waals surface area contributed by atoms with E-state index in [1.165, 1.54) is 0 Å². The molecule has 104 valence electrons. The average molecular weight is 335 g/mol. The monoisotopic (exact) mass is 334 g/mol. The van der Waals surface area contributed by atoms with Crippen molar-refractivity contribution >= 4 is 21.9 Å². The Morgan fingerprint density at radius 1 is 1.10 bits per heavy atom.